The summed E-state index contributed by atoms with van der Waals surface area (Å²) in [7, 11) is 5.31. The van der Waals surface area contributed by atoms with Gasteiger partial charge in [-0.15, -0.1) is 0 Å². The monoisotopic (exact) mass is 534 g/mol. The lowest BCUT2D eigenvalue weighted by atomic mass is 10.1. The molecule has 0 saturated heterocycles. The predicted molar refractivity (Wildman–Crippen MR) is 139 cm³/mol. The van der Waals surface area contributed by atoms with Crippen molar-refractivity contribution in [2.75, 3.05) is 36.9 Å². The number of amides is 4. The van der Waals surface area contributed by atoms with Crippen LogP contribution in [0.3, 0.4) is 0 Å². The van der Waals surface area contributed by atoms with Crippen molar-refractivity contribution in [3.8, 4) is 11.5 Å². The first kappa shape index (κ1) is 29.1. The van der Waals surface area contributed by atoms with Crippen LogP contribution < -0.4 is 28.7 Å². The lowest BCUT2D eigenvalue weighted by Gasteiger charge is -2.30. The van der Waals surface area contributed by atoms with Crippen LogP contribution in [0.1, 0.15) is 22.3 Å². The van der Waals surface area contributed by atoms with E-state index in [9.17, 15) is 19.2 Å². The largest absolute Gasteiger partial charge is 0.452 e. The number of rotatable bonds is 6. The zero-order chi connectivity index (χ0) is 27.9. The minimum atomic E-state index is -0.764. The Labute approximate surface area is 219 Å². The standard InChI is InChI=1S/C24H30N4O8S/c1-13-9-17(35-21(29)25-5)10-14(2)19(13)27(23(31)33-7)37-28(24(32)34-8)20-15(3)11-18(12-16(20)4)36-22(30)26-6/h9-12H,1-8H3,(H,25,29)(H,26,30). The van der Waals surface area contributed by atoms with E-state index >= 15 is 0 Å². The number of hydrogen-bond acceptors (Lipinski definition) is 9. The van der Waals surface area contributed by atoms with Crippen LogP contribution in [0.4, 0.5) is 30.6 Å². The van der Waals surface area contributed by atoms with E-state index in [-0.39, 0.29) is 11.5 Å². The Bertz CT molecular complexity index is 1070. The van der Waals surface area contributed by atoms with Crippen molar-refractivity contribution in [2.24, 2.45) is 0 Å². The molecule has 2 aromatic carbocycles. The Morgan fingerprint density at radius 3 is 1.19 bits per heavy atom. The van der Waals surface area contributed by atoms with E-state index < -0.39 is 24.4 Å². The quantitative estimate of drug-likeness (QED) is 0.503. The SMILES string of the molecule is CNC(=O)Oc1cc(C)c(N(SN(C(=O)OC)c2c(C)cc(OC(=O)NC)cc2C)C(=O)OC)c(C)c1. The molecule has 2 N–H and O–H groups in total. The van der Waals surface area contributed by atoms with Gasteiger partial charge in [0.05, 0.1) is 37.7 Å². The van der Waals surface area contributed by atoms with E-state index in [0.717, 1.165) is 12.1 Å². The highest BCUT2D eigenvalue weighted by atomic mass is 32.2. The molecule has 2 aromatic rings. The number of nitrogens with zero attached hydrogens (tertiary/aromatic N) is 2. The van der Waals surface area contributed by atoms with Crippen molar-refractivity contribution in [1.29, 1.82) is 0 Å². The molecule has 0 aliphatic carbocycles. The van der Waals surface area contributed by atoms with E-state index in [1.807, 2.05) is 0 Å². The molecule has 0 spiro atoms. The Kier molecular flexibility index (Phi) is 10.0. The first-order chi connectivity index (χ1) is 17.5. The molecule has 2 rings (SSSR count). The van der Waals surface area contributed by atoms with Gasteiger partial charge in [-0.1, -0.05) is 0 Å². The van der Waals surface area contributed by atoms with Gasteiger partial charge in [-0.2, -0.15) is 8.61 Å². The molecule has 0 atom stereocenters. The molecule has 13 heteroatoms. The van der Waals surface area contributed by atoms with Gasteiger partial charge < -0.3 is 29.6 Å². The molecule has 0 saturated carbocycles. The zero-order valence-corrected chi connectivity index (χ0v) is 22.7. The number of carbonyl (C=O) groups is 4. The molecule has 0 aromatic heterocycles. The Morgan fingerprint density at radius 2 is 0.946 bits per heavy atom. The van der Waals surface area contributed by atoms with Crippen LogP contribution in [-0.2, 0) is 9.47 Å². The van der Waals surface area contributed by atoms with Crippen molar-refractivity contribution < 1.29 is 38.1 Å². The van der Waals surface area contributed by atoms with Gasteiger partial charge in [-0.05, 0) is 74.2 Å². The van der Waals surface area contributed by atoms with Crippen LogP contribution in [-0.4, -0.2) is 52.7 Å². The lowest BCUT2D eigenvalue weighted by molar-refractivity contribution is 0.182. The van der Waals surface area contributed by atoms with Crippen LogP contribution >= 0.6 is 12.1 Å². The minimum absolute atomic E-state index is 0.274. The predicted octanol–water partition coefficient (Wildman–Crippen LogP) is 4.77. The molecule has 4 amide bonds. The van der Waals surface area contributed by atoms with E-state index in [2.05, 4.69) is 10.6 Å². The van der Waals surface area contributed by atoms with E-state index in [1.54, 1.807) is 52.0 Å². The van der Waals surface area contributed by atoms with Crippen LogP contribution in [0.2, 0.25) is 0 Å². The summed E-state index contributed by atoms with van der Waals surface area (Å²) in [5.41, 5.74) is 3.14. The lowest BCUT2D eigenvalue weighted by Crippen LogP contribution is -2.35. The van der Waals surface area contributed by atoms with Gasteiger partial charge in [-0.3, -0.25) is 0 Å². The van der Waals surface area contributed by atoms with Crippen LogP contribution in [0.5, 0.6) is 11.5 Å². The summed E-state index contributed by atoms with van der Waals surface area (Å²) in [6, 6.07) is 6.33. The van der Waals surface area contributed by atoms with Crippen LogP contribution in [0, 0.1) is 27.7 Å². The maximum Gasteiger partial charge on any atom is 0.425 e. The third-order valence-electron chi connectivity index (χ3n) is 5.01. The van der Waals surface area contributed by atoms with Crippen molar-refractivity contribution in [1.82, 2.24) is 10.6 Å². The average Bonchev–Trinajstić information content (AvgIpc) is 2.85. The number of carbonyl (C=O) groups excluding carboxylic acids is 4. The molecule has 200 valence electrons. The van der Waals surface area contributed by atoms with Gasteiger partial charge in [-0.25, -0.2) is 19.2 Å². The van der Waals surface area contributed by atoms with Crippen molar-refractivity contribution in [3.05, 3.63) is 46.5 Å². The zero-order valence-electron chi connectivity index (χ0n) is 21.9. The molecule has 0 aliphatic rings. The maximum absolute atomic E-state index is 12.9. The summed E-state index contributed by atoms with van der Waals surface area (Å²) >= 11 is 0.744. The first-order valence-electron chi connectivity index (χ1n) is 10.9. The minimum Gasteiger partial charge on any atom is -0.452 e. The molecule has 0 fully saturated rings. The Hall–Kier alpha value is -4.13. The Balaban J connectivity index is 2.58. The van der Waals surface area contributed by atoms with Crippen molar-refractivity contribution in [2.45, 2.75) is 27.7 Å². The van der Waals surface area contributed by atoms with Gasteiger partial charge in [0.2, 0.25) is 0 Å². The highest BCUT2D eigenvalue weighted by Gasteiger charge is 2.31. The summed E-state index contributed by atoms with van der Waals surface area (Å²) in [6.45, 7) is 6.89. The number of hydrogen-bond donors (Lipinski definition) is 2. The third-order valence-corrected chi connectivity index (χ3v) is 6.00. The number of methoxy groups -OCH3 is 2. The number of aryl methyl sites for hydroxylation is 4. The number of anilines is 2. The number of ether oxygens (including phenoxy) is 4. The fraction of sp³-hybridized carbons (Fsp3) is 0.333. The fourth-order valence-corrected chi connectivity index (χ4v) is 4.67. The molecule has 0 unspecified atom stereocenters. The summed E-state index contributed by atoms with van der Waals surface area (Å²) < 4.78 is 22.8. The summed E-state index contributed by atoms with van der Waals surface area (Å²) in [6.07, 6.45) is -2.81. The van der Waals surface area contributed by atoms with E-state index in [4.69, 9.17) is 18.9 Å². The second-order valence-corrected chi connectivity index (χ2v) is 8.59. The van der Waals surface area contributed by atoms with Gasteiger partial charge in [0.25, 0.3) is 0 Å². The topological polar surface area (TPSA) is 136 Å². The number of nitrogens with one attached hydrogen (secondary N) is 2. The molecule has 0 heterocycles. The van der Waals surface area contributed by atoms with E-state index in [0.29, 0.717) is 33.6 Å². The second kappa shape index (κ2) is 12.7. The molecular weight excluding hydrogens is 504 g/mol. The Morgan fingerprint density at radius 1 is 0.649 bits per heavy atom. The smallest absolute Gasteiger partial charge is 0.425 e. The highest BCUT2D eigenvalue weighted by Crippen LogP contribution is 2.40. The van der Waals surface area contributed by atoms with Gasteiger partial charge >= 0.3 is 24.4 Å². The molecule has 0 bridgehead atoms. The summed E-state index contributed by atoms with van der Waals surface area (Å²) in [5.74, 6) is 0.548. The highest BCUT2D eigenvalue weighted by molar-refractivity contribution is 8.03. The van der Waals surface area contributed by atoms with Crippen molar-refractivity contribution >= 4 is 47.9 Å². The average molecular weight is 535 g/mol. The van der Waals surface area contributed by atoms with Gasteiger partial charge in [0.15, 0.2) is 0 Å². The third kappa shape index (κ3) is 6.97. The summed E-state index contributed by atoms with van der Waals surface area (Å²) in [4.78, 5) is 49.1. The first-order valence-corrected chi connectivity index (χ1v) is 11.7. The molecule has 0 radical (unpaired) electrons. The summed E-state index contributed by atoms with van der Waals surface area (Å²) in [5, 5.41) is 4.74. The number of benzene rings is 2. The van der Waals surface area contributed by atoms with E-state index in [1.165, 1.54) is 36.9 Å². The normalized spacial score (nSPS) is 10.2. The second-order valence-electron chi connectivity index (χ2n) is 7.70. The molecule has 0 aliphatic heterocycles. The van der Waals surface area contributed by atoms with Gasteiger partial charge in [0.1, 0.15) is 11.5 Å². The molecule has 37 heavy (non-hydrogen) atoms. The molecule has 12 nitrogen and oxygen atoms in total. The van der Waals surface area contributed by atoms with Gasteiger partial charge in [0, 0.05) is 14.1 Å². The van der Waals surface area contributed by atoms with Crippen molar-refractivity contribution in [3.63, 3.8) is 0 Å². The molecular formula is C24H30N4O8S. The van der Waals surface area contributed by atoms with Crippen LogP contribution in [0.25, 0.3) is 0 Å². The maximum atomic E-state index is 12.9. The fourth-order valence-electron chi connectivity index (χ4n) is 3.49. The van der Waals surface area contributed by atoms with Crippen LogP contribution in [0.15, 0.2) is 24.3 Å².